The molecule has 0 fully saturated rings. The SMILES string of the molecule is CCC1Oc2ccc(NC(=O)c3ccccc3Cl)cc2CN(Cc2cccc(OC)c2)C1=O. The third-order valence-corrected chi connectivity index (χ3v) is 5.86. The highest BCUT2D eigenvalue weighted by atomic mass is 35.5. The lowest BCUT2D eigenvalue weighted by atomic mass is 10.1. The fraction of sp³-hybridized carbons (Fsp3) is 0.231. The number of nitrogens with zero attached hydrogens (tertiary/aromatic N) is 1. The fourth-order valence-corrected chi connectivity index (χ4v) is 4.03. The van der Waals surface area contributed by atoms with Gasteiger partial charge in [-0.2, -0.15) is 0 Å². The van der Waals surface area contributed by atoms with E-state index in [1.165, 1.54) is 0 Å². The number of benzene rings is 3. The smallest absolute Gasteiger partial charge is 0.264 e. The molecule has 2 amide bonds. The van der Waals surface area contributed by atoms with Gasteiger partial charge >= 0.3 is 0 Å². The molecule has 170 valence electrons. The number of anilines is 1. The molecule has 1 atom stereocenters. The maximum absolute atomic E-state index is 13.2. The van der Waals surface area contributed by atoms with Crippen LogP contribution in [-0.4, -0.2) is 29.9 Å². The summed E-state index contributed by atoms with van der Waals surface area (Å²) < 4.78 is 11.4. The quantitative estimate of drug-likeness (QED) is 0.537. The maximum Gasteiger partial charge on any atom is 0.264 e. The van der Waals surface area contributed by atoms with Gasteiger partial charge in [-0.25, -0.2) is 0 Å². The molecule has 1 unspecified atom stereocenters. The predicted octanol–water partition coefficient (Wildman–Crippen LogP) is 5.30. The average molecular weight is 465 g/mol. The summed E-state index contributed by atoms with van der Waals surface area (Å²) in [5, 5.41) is 3.27. The van der Waals surface area contributed by atoms with Gasteiger partial charge in [0.2, 0.25) is 0 Å². The summed E-state index contributed by atoms with van der Waals surface area (Å²) in [5.41, 5.74) is 2.78. The zero-order valence-electron chi connectivity index (χ0n) is 18.5. The zero-order valence-corrected chi connectivity index (χ0v) is 19.3. The Kier molecular flexibility index (Phi) is 6.84. The molecule has 0 saturated carbocycles. The van der Waals surface area contributed by atoms with Crippen LogP contribution in [0.25, 0.3) is 0 Å². The molecule has 0 aliphatic carbocycles. The number of hydrogen-bond donors (Lipinski definition) is 1. The minimum Gasteiger partial charge on any atom is -0.497 e. The van der Waals surface area contributed by atoms with Crippen molar-refractivity contribution in [2.75, 3.05) is 12.4 Å². The highest BCUT2D eigenvalue weighted by Gasteiger charge is 2.30. The summed E-state index contributed by atoms with van der Waals surface area (Å²) in [5.74, 6) is 1.01. The number of methoxy groups -OCH3 is 1. The average Bonchev–Trinajstić information content (AvgIpc) is 2.95. The third-order valence-electron chi connectivity index (χ3n) is 5.53. The molecule has 0 spiro atoms. The van der Waals surface area contributed by atoms with E-state index in [1.807, 2.05) is 37.3 Å². The number of rotatable bonds is 6. The second-order valence-corrected chi connectivity index (χ2v) is 8.22. The predicted molar refractivity (Wildman–Crippen MR) is 128 cm³/mol. The van der Waals surface area contributed by atoms with Crippen LogP contribution >= 0.6 is 11.6 Å². The van der Waals surface area contributed by atoms with Crippen LogP contribution in [0.2, 0.25) is 5.02 Å². The Labute approximate surface area is 198 Å². The van der Waals surface area contributed by atoms with Crippen molar-refractivity contribution < 1.29 is 19.1 Å². The van der Waals surface area contributed by atoms with E-state index >= 15 is 0 Å². The van der Waals surface area contributed by atoms with Crippen LogP contribution in [0.15, 0.2) is 66.7 Å². The summed E-state index contributed by atoms with van der Waals surface area (Å²) in [7, 11) is 1.62. The summed E-state index contributed by atoms with van der Waals surface area (Å²) in [6.07, 6.45) is -0.0156. The van der Waals surface area contributed by atoms with Gasteiger partial charge in [0.15, 0.2) is 6.10 Å². The Balaban J connectivity index is 1.60. The van der Waals surface area contributed by atoms with E-state index < -0.39 is 6.10 Å². The lowest BCUT2D eigenvalue weighted by Crippen LogP contribution is -2.38. The van der Waals surface area contributed by atoms with Crippen molar-refractivity contribution in [2.45, 2.75) is 32.5 Å². The van der Waals surface area contributed by atoms with Gasteiger partial charge in [-0.1, -0.05) is 42.8 Å². The van der Waals surface area contributed by atoms with Crippen molar-refractivity contribution in [1.29, 1.82) is 0 Å². The van der Waals surface area contributed by atoms with Crippen LogP contribution in [0.3, 0.4) is 0 Å². The van der Waals surface area contributed by atoms with Crippen molar-refractivity contribution in [3.8, 4) is 11.5 Å². The van der Waals surface area contributed by atoms with Gasteiger partial charge < -0.3 is 19.7 Å². The monoisotopic (exact) mass is 464 g/mol. The molecule has 6 nitrogen and oxygen atoms in total. The van der Waals surface area contributed by atoms with E-state index in [4.69, 9.17) is 21.1 Å². The van der Waals surface area contributed by atoms with Gasteiger partial charge in [0, 0.05) is 24.3 Å². The molecular weight excluding hydrogens is 440 g/mol. The second kappa shape index (κ2) is 9.96. The lowest BCUT2D eigenvalue weighted by molar-refractivity contribution is -0.139. The first-order chi connectivity index (χ1) is 16.0. The van der Waals surface area contributed by atoms with E-state index in [1.54, 1.807) is 48.4 Å². The standard InChI is InChI=1S/C26H25ClN2O4/c1-3-23-26(31)29(15-17-7-6-8-20(13-17)32-2)16-18-14-19(11-12-24(18)33-23)28-25(30)21-9-4-5-10-22(21)27/h4-14,23H,3,15-16H2,1-2H3,(H,28,30). The van der Waals surface area contributed by atoms with Crippen molar-refractivity contribution in [3.63, 3.8) is 0 Å². The summed E-state index contributed by atoms with van der Waals surface area (Å²) in [6, 6.07) is 19.9. The molecule has 0 bridgehead atoms. The Morgan fingerprint density at radius 3 is 2.73 bits per heavy atom. The minimum atomic E-state index is -0.569. The Morgan fingerprint density at radius 1 is 1.15 bits per heavy atom. The molecule has 0 radical (unpaired) electrons. The molecule has 0 saturated heterocycles. The normalized spacial score (nSPS) is 15.3. The van der Waals surface area contributed by atoms with Gasteiger partial charge in [-0.15, -0.1) is 0 Å². The van der Waals surface area contributed by atoms with E-state index in [9.17, 15) is 9.59 Å². The topological polar surface area (TPSA) is 67.9 Å². The second-order valence-electron chi connectivity index (χ2n) is 7.82. The summed E-state index contributed by atoms with van der Waals surface area (Å²) in [4.78, 5) is 27.6. The Morgan fingerprint density at radius 2 is 1.97 bits per heavy atom. The third kappa shape index (κ3) is 5.12. The van der Waals surface area contributed by atoms with Crippen molar-refractivity contribution >= 4 is 29.1 Å². The van der Waals surface area contributed by atoms with E-state index in [0.717, 1.165) is 16.9 Å². The molecular formula is C26H25ClN2O4. The Bertz CT molecular complexity index is 1180. The Hall–Kier alpha value is -3.51. The number of halogens is 1. The molecule has 3 aromatic carbocycles. The molecule has 1 aliphatic heterocycles. The van der Waals surface area contributed by atoms with Crippen LogP contribution in [0.4, 0.5) is 5.69 Å². The first-order valence-corrected chi connectivity index (χ1v) is 11.1. The summed E-state index contributed by atoms with van der Waals surface area (Å²) >= 11 is 6.15. The van der Waals surface area contributed by atoms with Gasteiger partial charge in [0.25, 0.3) is 11.8 Å². The van der Waals surface area contributed by atoms with Gasteiger partial charge in [0.1, 0.15) is 11.5 Å². The highest BCUT2D eigenvalue weighted by Crippen LogP contribution is 2.31. The number of hydrogen-bond acceptors (Lipinski definition) is 4. The zero-order chi connectivity index (χ0) is 23.4. The number of ether oxygens (including phenoxy) is 2. The first-order valence-electron chi connectivity index (χ1n) is 10.8. The molecule has 1 aliphatic rings. The fourth-order valence-electron chi connectivity index (χ4n) is 3.81. The number of nitrogens with one attached hydrogen (secondary N) is 1. The van der Waals surface area contributed by atoms with Crippen LogP contribution in [0.5, 0.6) is 11.5 Å². The molecule has 1 N–H and O–H groups in total. The molecule has 33 heavy (non-hydrogen) atoms. The van der Waals surface area contributed by atoms with Gasteiger partial charge in [0.05, 0.1) is 17.7 Å². The van der Waals surface area contributed by atoms with Crippen molar-refractivity contribution in [3.05, 3.63) is 88.4 Å². The minimum absolute atomic E-state index is 0.0711. The molecule has 3 aromatic rings. The van der Waals surface area contributed by atoms with Gasteiger partial charge in [-0.3, -0.25) is 9.59 Å². The van der Waals surface area contributed by atoms with E-state index in [2.05, 4.69) is 5.32 Å². The van der Waals surface area contributed by atoms with Crippen LogP contribution in [0.1, 0.15) is 34.8 Å². The number of carbonyl (C=O) groups is 2. The lowest BCUT2D eigenvalue weighted by Gasteiger charge is -2.23. The van der Waals surface area contributed by atoms with Crippen molar-refractivity contribution in [1.82, 2.24) is 4.90 Å². The molecule has 1 heterocycles. The van der Waals surface area contributed by atoms with E-state index in [-0.39, 0.29) is 11.8 Å². The highest BCUT2D eigenvalue weighted by molar-refractivity contribution is 6.34. The number of fused-ring (bicyclic) bond motifs is 1. The van der Waals surface area contributed by atoms with Crippen molar-refractivity contribution in [2.24, 2.45) is 0 Å². The summed E-state index contributed by atoms with van der Waals surface area (Å²) in [6.45, 7) is 2.71. The number of carbonyl (C=O) groups excluding carboxylic acids is 2. The number of amides is 2. The van der Waals surface area contributed by atoms with Crippen LogP contribution < -0.4 is 14.8 Å². The van der Waals surface area contributed by atoms with Gasteiger partial charge in [-0.05, 0) is 54.4 Å². The largest absolute Gasteiger partial charge is 0.497 e. The van der Waals surface area contributed by atoms with Crippen LogP contribution in [0, 0.1) is 0 Å². The first kappa shape index (κ1) is 22.7. The van der Waals surface area contributed by atoms with Crippen LogP contribution in [-0.2, 0) is 17.9 Å². The molecule has 0 aromatic heterocycles. The maximum atomic E-state index is 13.2. The molecule has 4 rings (SSSR count). The molecule has 7 heteroatoms. The van der Waals surface area contributed by atoms with E-state index in [0.29, 0.717) is 41.5 Å².